The van der Waals surface area contributed by atoms with Crippen molar-refractivity contribution in [1.29, 1.82) is 0 Å². The quantitative estimate of drug-likeness (QED) is 0.882. The van der Waals surface area contributed by atoms with Crippen molar-refractivity contribution >= 4 is 11.3 Å². The van der Waals surface area contributed by atoms with Crippen LogP contribution in [0, 0.1) is 6.92 Å². The second kappa shape index (κ2) is 6.68. The van der Waals surface area contributed by atoms with Crippen LogP contribution in [-0.2, 0) is 12.8 Å². The molecule has 1 unspecified atom stereocenters. The van der Waals surface area contributed by atoms with Gasteiger partial charge in [-0.1, -0.05) is 0 Å². The number of rotatable bonds is 6. The van der Waals surface area contributed by atoms with Crippen molar-refractivity contribution in [3.63, 3.8) is 0 Å². The molecule has 0 radical (unpaired) electrons. The van der Waals surface area contributed by atoms with Crippen LogP contribution in [0.4, 0.5) is 0 Å². The number of aromatic nitrogens is 1. The summed E-state index contributed by atoms with van der Waals surface area (Å²) in [5.74, 6) is 0.859. The standard InChI is InChI=1S/C15H20N2OS/c1-11(16)9-14-15(4-3-12(2)17-14)18-7-5-13-6-8-19-10-13/h3-4,6,8,10-11H,5,7,9,16H2,1-2H3. The van der Waals surface area contributed by atoms with Crippen LogP contribution in [0.3, 0.4) is 0 Å². The lowest BCUT2D eigenvalue weighted by Crippen LogP contribution is -2.19. The molecular formula is C15H20N2OS. The van der Waals surface area contributed by atoms with Crippen molar-refractivity contribution in [1.82, 2.24) is 4.98 Å². The summed E-state index contributed by atoms with van der Waals surface area (Å²) in [5.41, 5.74) is 9.13. The summed E-state index contributed by atoms with van der Waals surface area (Å²) < 4.78 is 5.85. The minimum atomic E-state index is 0.0912. The third-order valence-corrected chi connectivity index (χ3v) is 3.55. The maximum atomic E-state index is 5.86. The zero-order valence-electron chi connectivity index (χ0n) is 11.4. The van der Waals surface area contributed by atoms with Gasteiger partial charge in [-0.15, -0.1) is 0 Å². The molecule has 3 nitrogen and oxygen atoms in total. The number of thiophene rings is 1. The Kier molecular flexibility index (Phi) is 4.93. The highest BCUT2D eigenvalue weighted by atomic mass is 32.1. The predicted octanol–water partition coefficient (Wildman–Crippen LogP) is 2.96. The average Bonchev–Trinajstić information content (AvgIpc) is 2.84. The summed E-state index contributed by atoms with van der Waals surface area (Å²) >= 11 is 1.71. The lowest BCUT2D eigenvalue weighted by atomic mass is 10.1. The lowest BCUT2D eigenvalue weighted by Gasteiger charge is -2.12. The highest BCUT2D eigenvalue weighted by Gasteiger charge is 2.08. The molecule has 102 valence electrons. The van der Waals surface area contributed by atoms with Crippen LogP contribution in [0.1, 0.15) is 23.9 Å². The molecule has 0 aliphatic carbocycles. The van der Waals surface area contributed by atoms with Gasteiger partial charge in [-0.05, 0) is 48.4 Å². The number of hydrogen-bond acceptors (Lipinski definition) is 4. The van der Waals surface area contributed by atoms with Gasteiger partial charge in [-0.2, -0.15) is 11.3 Å². The van der Waals surface area contributed by atoms with Crippen LogP contribution in [-0.4, -0.2) is 17.6 Å². The molecule has 0 saturated carbocycles. The molecule has 2 N–H and O–H groups in total. The molecule has 0 aliphatic heterocycles. The van der Waals surface area contributed by atoms with E-state index >= 15 is 0 Å². The number of aryl methyl sites for hydroxylation is 1. The van der Waals surface area contributed by atoms with Crippen LogP contribution in [0.5, 0.6) is 5.75 Å². The van der Waals surface area contributed by atoms with Gasteiger partial charge in [0.15, 0.2) is 0 Å². The minimum Gasteiger partial charge on any atom is -0.491 e. The first-order valence-electron chi connectivity index (χ1n) is 6.51. The monoisotopic (exact) mass is 276 g/mol. The Morgan fingerprint density at radius 1 is 1.37 bits per heavy atom. The molecule has 0 amide bonds. The highest BCUT2D eigenvalue weighted by molar-refractivity contribution is 7.07. The number of pyridine rings is 1. The van der Waals surface area contributed by atoms with Gasteiger partial charge < -0.3 is 10.5 Å². The third-order valence-electron chi connectivity index (χ3n) is 2.82. The van der Waals surface area contributed by atoms with Crippen LogP contribution in [0.15, 0.2) is 29.0 Å². The van der Waals surface area contributed by atoms with E-state index in [1.807, 2.05) is 26.0 Å². The molecule has 0 aromatic carbocycles. The summed E-state index contributed by atoms with van der Waals surface area (Å²) in [6.07, 6.45) is 1.67. The normalized spacial score (nSPS) is 12.4. The van der Waals surface area contributed by atoms with E-state index in [-0.39, 0.29) is 6.04 Å². The molecule has 2 heterocycles. The summed E-state index contributed by atoms with van der Waals surface area (Å²) in [6.45, 7) is 4.65. The van der Waals surface area contributed by atoms with E-state index in [9.17, 15) is 0 Å². The van der Waals surface area contributed by atoms with Crippen LogP contribution in [0.2, 0.25) is 0 Å². The first-order chi connectivity index (χ1) is 9.15. The molecule has 0 saturated heterocycles. The Hall–Kier alpha value is -1.39. The largest absolute Gasteiger partial charge is 0.491 e. The van der Waals surface area contributed by atoms with Crippen molar-refractivity contribution in [3.8, 4) is 5.75 Å². The third kappa shape index (κ3) is 4.33. The van der Waals surface area contributed by atoms with Crippen molar-refractivity contribution < 1.29 is 4.74 Å². The zero-order chi connectivity index (χ0) is 13.7. The van der Waals surface area contributed by atoms with Crippen molar-refractivity contribution in [2.45, 2.75) is 32.7 Å². The van der Waals surface area contributed by atoms with Crippen molar-refractivity contribution in [2.24, 2.45) is 5.73 Å². The van der Waals surface area contributed by atoms with Gasteiger partial charge in [0.25, 0.3) is 0 Å². The van der Waals surface area contributed by atoms with Crippen molar-refractivity contribution in [3.05, 3.63) is 45.9 Å². The van der Waals surface area contributed by atoms with Crippen LogP contribution >= 0.6 is 11.3 Å². The van der Waals surface area contributed by atoms with E-state index in [0.29, 0.717) is 6.61 Å². The minimum absolute atomic E-state index is 0.0912. The fourth-order valence-electron chi connectivity index (χ4n) is 1.89. The number of ether oxygens (including phenoxy) is 1. The van der Waals surface area contributed by atoms with E-state index < -0.39 is 0 Å². The second-order valence-electron chi connectivity index (χ2n) is 4.81. The Labute approximate surface area is 118 Å². The van der Waals surface area contributed by atoms with E-state index in [2.05, 4.69) is 21.8 Å². The van der Waals surface area contributed by atoms with Gasteiger partial charge in [0, 0.05) is 24.6 Å². The number of hydrogen-bond donors (Lipinski definition) is 1. The van der Waals surface area contributed by atoms with E-state index in [0.717, 1.165) is 30.0 Å². The first kappa shape index (κ1) is 14.0. The molecule has 0 fully saturated rings. The lowest BCUT2D eigenvalue weighted by molar-refractivity contribution is 0.316. The van der Waals surface area contributed by atoms with E-state index in [1.54, 1.807) is 11.3 Å². The number of nitrogens with two attached hydrogens (primary N) is 1. The average molecular weight is 276 g/mol. The summed E-state index contributed by atoms with van der Waals surface area (Å²) in [5, 5.41) is 4.24. The molecule has 4 heteroatoms. The van der Waals surface area contributed by atoms with Gasteiger partial charge in [-0.25, -0.2) is 0 Å². The molecular weight excluding hydrogens is 256 g/mol. The molecule has 2 aromatic rings. The van der Waals surface area contributed by atoms with E-state index in [4.69, 9.17) is 10.5 Å². The molecule has 0 aliphatic rings. The Morgan fingerprint density at radius 2 is 2.21 bits per heavy atom. The second-order valence-corrected chi connectivity index (χ2v) is 5.59. The fraction of sp³-hybridized carbons (Fsp3) is 0.400. The summed E-state index contributed by atoms with van der Waals surface area (Å²) in [7, 11) is 0. The van der Waals surface area contributed by atoms with E-state index in [1.165, 1.54) is 5.56 Å². The molecule has 2 rings (SSSR count). The highest BCUT2D eigenvalue weighted by Crippen LogP contribution is 2.19. The SMILES string of the molecule is Cc1ccc(OCCc2ccsc2)c(CC(C)N)n1. The van der Waals surface area contributed by atoms with Crippen molar-refractivity contribution in [2.75, 3.05) is 6.61 Å². The fourth-order valence-corrected chi connectivity index (χ4v) is 2.60. The summed E-state index contributed by atoms with van der Waals surface area (Å²) in [4.78, 5) is 4.53. The van der Waals surface area contributed by atoms with Gasteiger partial charge in [0.2, 0.25) is 0 Å². The Morgan fingerprint density at radius 3 is 2.89 bits per heavy atom. The molecule has 19 heavy (non-hydrogen) atoms. The van der Waals surface area contributed by atoms with Gasteiger partial charge in [-0.3, -0.25) is 4.98 Å². The van der Waals surface area contributed by atoms with Crippen LogP contribution in [0.25, 0.3) is 0 Å². The van der Waals surface area contributed by atoms with Gasteiger partial charge in [0.1, 0.15) is 5.75 Å². The molecule has 0 spiro atoms. The molecule has 2 aromatic heterocycles. The predicted molar refractivity (Wildman–Crippen MR) is 79.8 cm³/mol. The van der Waals surface area contributed by atoms with Crippen LogP contribution < -0.4 is 10.5 Å². The van der Waals surface area contributed by atoms with Gasteiger partial charge in [0.05, 0.1) is 12.3 Å². The maximum Gasteiger partial charge on any atom is 0.140 e. The zero-order valence-corrected chi connectivity index (χ0v) is 12.2. The number of nitrogens with zero attached hydrogens (tertiary/aromatic N) is 1. The topological polar surface area (TPSA) is 48.1 Å². The first-order valence-corrected chi connectivity index (χ1v) is 7.45. The maximum absolute atomic E-state index is 5.86. The Balaban J connectivity index is 1.98. The Bertz CT molecular complexity index is 509. The smallest absolute Gasteiger partial charge is 0.140 e. The molecule has 0 bridgehead atoms. The molecule has 1 atom stereocenters. The summed E-state index contributed by atoms with van der Waals surface area (Å²) in [6, 6.07) is 6.19. The van der Waals surface area contributed by atoms with Gasteiger partial charge >= 0.3 is 0 Å².